The first kappa shape index (κ1) is 12.7. The molecule has 1 aliphatic rings. The molecule has 0 spiro atoms. The first-order valence-corrected chi connectivity index (χ1v) is 7.08. The van der Waals surface area contributed by atoms with Gasteiger partial charge in [-0.05, 0) is 30.1 Å². The van der Waals surface area contributed by atoms with Crippen molar-refractivity contribution in [1.29, 1.82) is 0 Å². The normalized spacial score (nSPS) is 23.0. The molecule has 0 amide bonds. The van der Waals surface area contributed by atoms with Gasteiger partial charge in [0.05, 0.1) is 6.10 Å². The number of hydrogen-bond donors (Lipinski definition) is 1. The Bertz CT molecular complexity index is 384. The zero-order chi connectivity index (χ0) is 12.3. The van der Waals surface area contributed by atoms with Gasteiger partial charge in [0.2, 0.25) is 0 Å². The fourth-order valence-corrected chi connectivity index (χ4v) is 2.74. The number of ether oxygens (including phenoxy) is 1. The Labute approximate surface area is 105 Å². The van der Waals surface area contributed by atoms with Crippen molar-refractivity contribution in [1.82, 2.24) is 0 Å². The molecule has 17 heavy (non-hydrogen) atoms. The summed E-state index contributed by atoms with van der Waals surface area (Å²) in [6.45, 7) is 2.12. The summed E-state index contributed by atoms with van der Waals surface area (Å²) in [5, 5.41) is 9.97. The highest BCUT2D eigenvalue weighted by atomic mass is 32.2. The molecule has 0 fully saturated rings. The molecule has 2 rings (SSSR count). The summed E-state index contributed by atoms with van der Waals surface area (Å²) in [6.07, 6.45) is 0.961. The van der Waals surface area contributed by atoms with E-state index in [1.54, 1.807) is 6.07 Å². The summed E-state index contributed by atoms with van der Waals surface area (Å²) >= 11 is 1.85. The molecule has 4 heteroatoms. The lowest BCUT2D eigenvalue weighted by molar-refractivity contribution is 0.0645. The number of fused-ring (bicyclic) bond motifs is 1. The van der Waals surface area contributed by atoms with E-state index in [9.17, 15) is 9.50 Å². The molecular weight excluding hydrogens is 239 g/mol. The van der Waals surface area contributed by atoms with Gasteiger partial charge in [-0.15, -0.1) is 0 Å². The average molecular weight is 256 g/mol. The topological polar surface area (TPSA) is 29.5 Å². The fourth-order valence-electron chi connectivity index (χ4n) is 2.03. The minimum Gasteiger partial charge on any atom is -0.490 e. The van der Waals surface area contributed by atoms with Gasteiger partial charge in [-0.1, -0.05) is 6.92 Å². The third-order valence-corrected chi connectivity index (χ3v) is 3.84. The van der Waals surface area contributed by atoms with Crippen molar-refractivity contribution >= 4 is 11.8 Å². The second kappa shape index (κ2) is 5.74. The summed E-state index contributed by atoms with van der Waals surface area (Å²) < 4.78 is 18.8. The minimum absolute atomic E-state index is 0.00153. The van der Waals surface area contributed by atoms with E-state index < -0.39 is 6.10 Å². The average Bonchev–Trinajstić information content (AvgIpc) is 2.28. The van der Waals surface area contributed by atoms with Crippen LogP contribution in [0.1, 0.15) is 31.4 Å². The highest BCUT2D eigenvalue weighted by molar-refractivity contribution is 7.99. The highest BCUT2D eigenvalue weighted by Crippen LogP contribution is 2.36. The van der Waals surface area contributed by atoms with Gasteiger partial charge in [0.25, 0.3) is 0 Å². The molecular formula is C13H17FO2S. The Morgan fingerprint density at radius 3 is 3.12 bits per heavy atom. The molecule has 1 aromatic rings. The predicted octanol–water partition coefficient (Wildman–Crippen LogP) is 3.15. The van der Waals surface area contributed by atoms with Crippen LogP contribution in [0.3, 0.4) is 0 Å². The molecule has 0 saturated carbocycles. The van der Waals surface area contributed by atoms with Crippen molar-refractivity contribution in [3.8, 4) is 5.75 Å². The quantitative estimate of drug-likeness (QED) is 0.839. The van der Waals surface area contributed by atoms with Crippen molar-refractivity contribution in [2.75, 3.05) is 11.5 Å². The summed E-state index contributed by atoms with van der Waals surface area (Å²) in [6, 6.07) is 4.32. The highest BCUT2D eigenvalue weighted by Gasteiger charge is 2.26. The van der Waals surface area contributed by atoms with Crippen LogP contribution in [0.5, 0.6) is 5.75 Å². The Kier molecular flexibility index (Phi) is 4.29. The molecule has 0 bridgehead atoms. The van der Waals surface area contributed by atoms with Crippen LogP contribution in [0.15, 0.2) is 18.2 Å². The second-order valence-corrected chi connectivity index (χ2v) is 5.55. The van der Waals surface area contributed by atoms with Crippen molar-refractivity contribution < 1.29 is 14.2 Å². The van der Waals surface area contributed by atoms with Crippen LogP contribution in [0.4, 0.5) is 4.39 Å². The molecule has 0 aromatic heterocycles. The van der Waals surface area contributed by atoms with Crippen LogP contribution in [-0.2, 0) is 0 Å². The molecule has 1 aliphatic heterocycles. The van der Waals surface area contributed by atoms with Gasteiger partial charge in [0.15, 0.2) is 0 Å². The molecule has 1 aromatic carbocycles. The summed E-state index contributed by atoms with van der Waals surface area (Å²) in [5.41, 5.74) is 0.700. The van der Waals surface area contributed by atoms with Gasteiger partial charge in [-0.3, -0.25) is 0 Å². The number of rotatable bonds is 4. The number of aliphatic hydroxyl groups excluding tert-OH is 1. The molecule has 1 unspecified atom stereocenters. The molecule has 94 valence electrons. The van der Waals surface area contributed by atoms with Crippen LogP contribution >= 0.6 is 11.8 Å². The molecule has 0 aliphatic carbocycles. The Hall–Kier alpha value is -0.740. The monoisotopic (exact) mass is 256 g/mol. The summed E-state index contributed by atoms with van der Waals surface area (Å²) in [4.78, 5) is 0. The third-order valence-electron chi connectivity index (χ3n) is 2.90. The van der Waals surface area contributed by atoms with Crippen molar-refractivity contribution in [2.24, 2.45) is 0 Å². The van der Waals surface area contributed by atoms with E-state index in [0.717, 1.165) is 17.9 Å². The molecule has 1 heterocycles. The van der Waals surface area contributed by atoms with Gasteiger partial charge in [0.1, 0.15) is 17.7 Å². The van der Waals surface area contributed by atoms with E-state index in [4.69, 9.17) is 4.74 Å². The van der Waals surface area contributed by atoms with Crippen LogP contribution < -0.4 is 4.74 Å². The van der Waals surface area contributed by atoms with Gasteiger partial charge in [-0.25, -0.2) is 4.39 Å². The molecule has 1 N–H and O–H groups in total. The lowest BCUT2D eigenvalue weighted by Crippen LogP contribution is -2.26. The van der Waals surface area contributed by atoms with E-state index in [1.165, 1.54) is 12.1 Å². The number of hydrogen-bond acceptors (Lipinski definition) is 3. The van der Waals surface area contributed by atoms with Gasteiger partial charge in [-0.2, -0.15) is 11.8 Å². The van der Waals surface area contributed by atoms with E-state index in [-0.39, 0.29) is 11.9 Å². The lowest BCUT2D eigenvalue weighted by Gasteiger charge is -2.29. The number of aliphatic hydroxyl groups is 1. The van der Waals surface area contributed by atoms with Crippen LogP contribution in [-0.4, -0.2) is 22.7 Å². The van der Waals surface area contributed by atoms with Crippen molar-refractivity contribution in [3.63, 3.8) is 0 Å². The standard InChI is InChI=1S/C13H17FO2S/c1-2-17-6-5-10-8-12(15)11-4-3-9(14)7-13(11)16-10/h3-4,7,10,12,15H,2,5-6,8H2,1H3/t10?,12-/m1/s1. The predicted molar refractivity (Wildman–Crippen MR) is 68.0 cm³/mol. The SMILES string of the molecule is CCSCCC1C[C@@H](O)c2ccc(F)cc2O1. The zero-order valence-electron chi connectivity index (χ0n) is 9.86. The van der Waals surface area contributed by atoms with E-state index in [2.05, 4.69) is 6.92 Å². The first-order valence-electron chi connectivity index (χ1n) is 5.92. The smallest absolute Gasteiger partial charge is 0.128 e. The van der Waals surface area contributed by atoms with Crippen LogP contribution in [0, 0.1) is 5.82 Å². The van der Waals surface area contributed by atoms with Gasteiger partial charge >= 0.3 is 0 Å². The maximum Gasteiger partial charge on any atom is 0.128 e. The zero-order valence-corrected chi connectivity index (χ0v) is 10.7. The van der Waals surface area contributed by atoms with Crippen LogP contribution in [0.2, 0.25) is 0 Å². The Balaban J connectivity index is 2.04. The van der Waals surface area contributed by atoms with Gasteiger partial charge in [0, 0.05) is 18.1 Å². The van der Waals surface area contributed by atoms with Crippen molar-refractivity contribution in [3.05, 3.63) is 29.6 Å². The molecule has 0 radical (unpaired) electrons. The lowest BCUT2D eigenvalue weighted by atomic mass is 9.98. The Morgan fingerprint density at radius 1 is 1.53 bits per heavy atom. The number of benzene rings is 1. The Morgan fingerprint density at radius 2 is 2.35 bits per heavy atom. The number of thioether (sulfide) groups is 1. The maximum atomic E-state index is 13.1. The first-order chi connectivity index (χ1) is 8.20. The molecule has 2 nitrogen and oxygen atoms in total. The molecule has 0 saturated heterocycles. The number of halogens is 1. The molecule has 2 atom stereocenters. The maximum absolute atomic E-state index is 13.1. The fraction of sp³-hybridized carbons (Fsp3) is 0.538. The summed E-state index contributed by atoms with van der Waals surface area (Å²) in [7, 11) is 0. The summed E-state index contributed by atoms with van der Waals surface area (Å²) in [5.74, 6) is 2.27. The minimum atomic E-state index is -0.532. The van der Waals surface area contributed by atoms with Crippen LogP contribution in [0.25, 0.3) is 0 Å². The van der Waals surface area contributed by atoms with Gasteiger partial charge < -0.3 is 9.84 Å². The van der Waals surface area contributed by atoms with E-state index >= 15 is 0 Å². The second-order valence-electron chi connectivity index (χ2n) is 4.16. The largest absolute Gasteiger partial charge is 0.490 e. The van der Waals surface area contributed by atoms with E-state index in [0.29, 0.717) is 17.7 Å². The third kappa shape index (κ3) is 3.13. The van der Waals surface area contributed by atoms with E-state index in [1.807, 2.05) is 11.8 Å². The van der Waals surface area contributed by atoms with Crippen molar-refractivity contribution in [2.45, 2.75) is 32.0 Å².